The van der Waals surface area contributed by atoms with E-state index in [0.717, 1.165) is 0 Å². The molecule has 1 aliphatic rings. The number of benzene rings is 1. The van der Waals surface area contributed by atoms with Crippen molar-refractivity contribution in [1.82, 2.24) is 4.90 Å². The van der Waals surface area contributed by atoms with Gasteiger partial charge in [-0.3, -0.25) is 35.2 Å². The van der Waals surface area contributed by atoms with E-state index in [1.807, 2.05) is 4.90 Å². The Morgan fingerprint density at radius 1 is 1.13 bits per heavy atom. The van der Waals surface area contributed by atoms with Crippen molar-refractivity contribution in [3.8, 4) is 5.75 Å². The van der Waals surface area contributed by atoms with Gasteiger partial charge in [0.05, 0.1) is 40.1 Å². The Morgan fingerprint density at radius 3 is 2.13 bits per heavy atom. The van der Waals surface area contributed by atoms with Crippen molar-refractivity contribution in [1.29, 1.82) is 0 Å². The standard InChI is InChI=1S/C11H12N4O8/c1-12-2-3-22-10(6-12)23-11-8(14(18)19)4-7(13(16)17)5-9(11)15(20)21/h4-5,10H,2-3,6H2,1H3. The van der Waals surface area contributed by atoms with Gasteiger partial charge in [0.2, 0.25) is 6.29 Å². The summed E-state index contributed by atoms with van der Waals surface area (Å²) in [5.41, 5.74) is -2.48. The van der Waals surface area contributed by atoms with E-state index in [-0.39, 0.29) is 13.2 Å². The smallest absolute Gasteiger partial charge is 0.325 e. The van der Waals surface area contributed by atoms with Crippen molar-refractivity contribution in [2.45, 2.75) is 6.29 Å². The first-order valence-corrected chi connectivity index (χ1v) is 6.37. The molecule has 124 valence electrons. The first-order chi connectivity index (χ1) is 10.8. The first-order valence-electron chi connectivity index (χ1n) is 6.37. The molecule has 1 atom stereocenters. The Hall–Kier alpha value is -2.86. The van der Waals surface area contributed by atoms with E-state index in [9.17, 15) is 30.3 Å². The minimum atomic E-state index is -0.970. The highest BCUT2D eigenvalue weighted by Gasteiger charge is 2.34. The van der Waals surface area contributed by atoms with Crippen LogP contribution in [0, 0.1) is 30.3 Å². The summed E-state index contributed by atoms with van der Waals surface area (Å²) in [4.78, 5) is 31.9. The highest BCUT2D eigenvalue weighted by Crippen LogP contribution is 2.41. The Kier molecular flexibility index (Phi) is 4.66. The highest BCUT2D eigenvalue weighted by atomic mass is 16.7. The molecule has 1 unspecified atom stereocenters. The molecule has 0 saturated carbocycles. The number of hydrogen-bond acceptors (Lipinski definition) is 9. The summed E-state index contributed by atoms with van der Waals surface area (Å²) in [6.45, 7) is 1.14. The molecule has 0 spiro atoms. The topological polar surface area (TPSA) is 151 Å². The molecule has 1 fully saturated rings. The number of likely N-dealkylation sites (N-methyl/N-ethyl adjacent to an activating group) is 1. The Morgan fingerprint density at radius 2 is 1.70 bits per heavy atom. The average molecular weight is 328 g/mol. The molecule has 1 saturated heterocycles. The van der Waals surface area contributed by atoms with E-state index in [0.29, 0.717) is 18.7 Å². The van der Waals surface area contributed by atoms with Gasteiger partial charge >= 0.3 is 11.4 Å². The summed E-state index contributed by atoms with van der Waals surface area (Å²) >= 11 is 0. The van der Waals surface area contributed by atoms with Gasteiger partial charge in [-0.1, -0.05) is 0 Å². The highest BCUT2D eigenvalue weighted by molar-refractivity contribution is 5.65. The van der Waals surface area contributed by atoms with Gasteiger partial charge in [-0.05, 0) is 7.05 Å². The lowest BCUT2D eigenvalue weighted by Gasteiger charge is -2.29. The van der Waals surface area contributed by atoms with Crippen molar-refractivity contribution in [3.05, 3.63) is 42.5 Å². The summed E-state index contributed by atoms with van der Waals surface area (Å²) in [5, 5.41) is 33.0. The maximum atomic E-state index is 11.1. The third-order valence-corrected chi connectivity index (χ3v) is 3.13. The van der Waals surface area contributed by atoms with Crippen molar-refractivity contribution in [2.75, 3.05) is 26.7 Å². The lowest BCUT2D eigenvalue weighted by Crippen LogP contribution is -2.43. The fraction of sp³-hybridized carbons (Fsp3) is 0.455. The predicted molar refractivity (Wildman–Crippen MR) is 74.3 cm³/mol. The van der Waals surface area contributed by atoms with Crippen LogP contribution in [0.2, 0.25) is 0 Å². The zero-order valence-corrected chi connectivity index (χ0v) is 11.9. The second-order valence-electron chi connectivity index (χ2n) is 4.76. The van der Waals surface area contributed by atoms with E-state index in [1.165, 1.54) is 0 Å². The number of rotatable bonds is 5. The van der Waals surface area contributed by atoms with Crippen LogP contribution in [0.15, 0.2) is 12.1 Å². The lowest BCUT2D eigenvalue weighted by atomic mass is 10.2. The Labute approximate surface area is 128 Å². The number of non-ortho nitro benzene ring substituents is 1. The molecule has 0 aliphatic carbocycles. The number of nitro groups is 3. The molecule has 0 radical (unpaired) electrons. The minimum Gasteiger partial charge on any atom is -0.451 e. The molecule has 12 nitrogen and oxygen atoms in total. The minimum absolute atomic E-state index is 0.241. The van der Waals surface area contributed by atoms with Crippen LogP contribution in [0.1, 0.15) is 0 Å². The molecular formula is C11H12N4O8. The summed E-state index contributed by atoms with van der Waals surface area (Å²) in [6, 6.07) is 1.24. The fourth-order valence-corrected chi connectivity index (χ4v) is 2.02. The van der Waals surface area contributed by atoms with Crippen LogP contribution >= 0.6 is 0 Å². The molecule has 0 N–H and O–H groups in total. The third-order valence-electron chi connectivity index (χ3n) is 3.13. The second kappa shape index (κ2) is 6.50. The number of hydrogen-bond donors (Lipinski definition) is 0. The van der Waals surface area contributed by atoms with Crippen LogP contribution in [0.5, 0.6) is 5.75 Å². The van der Waals surface area contributed by atoms with Crippen molar-refractivity contribution < 1.29 is 24.2 Å². The molecule has 1 aromatic carbocycles. The van der Waals surface area contributed by atoms with Crippen LogP contribution in [-0.2, 0) is 4.74 Å². The van der Waals surface area contributed by atoms with E-state index in [4.69, 9.17) is 9.47 Å². The number of morpholine rings is 1. The van der Waals surface area contributed by atoms with Crippen LogP contribution < -0.4 is 4.74 Å². The van der Waals surface area contributed by atoms with Crippen LogP contribution in [0.4, 0.5) is 17.1 Å². The molecule has 0 aromatic heterocycles. The first kappa shape index (κ1) is 16.5. The number of ether oxygens (including phenoxy) is 2. The maximum absolute atomic E-state index is 11.1. The third kappa shape index (κ3) is 3.67. The summed E-state index contributed by atoms with van der Waals surface area (Å²) < 4.78 is 10.5. The molecule has 12 heteroatoms. The van der Waals surface area contributed by atoms with Gasteiger partial charge in [0.1, 0.15) is 0 Å². The largest absolute Gasteiger partial charge is 0.451 e. The SMILES string of the molecule is CN1CCOC(Oc2c([N+](=O)[O-])cc([N+](=O)[O-])cc2[N+](=O)[O-])C1. The van der Waals surface area contributed by atoms with Crippen LogP contribution in [-0.4, -0.2) is 52.7 Å². The zero-order valence-electron chi connectivity index (χ0n) is 11.9. The Bertz CT molecular complexity index is 628. The van der Waals surface area contributed by atoms with Gasteiger partial charge in [0, 0.05) is 6.54 Å². The van der Waals surface area contributed by atoms with E-state index in [1.54, 1.807) is 7.05 Å². The van der Waals surface area contributed by atoms with Gasteiger partial charge in [-0.25, -0.2) is 0 Å². The lowest BCUT2D eigenvalue weighted by molar-refractivity contribution is -0.405. The van der Waals surface area contributed by atoms with Crippen molar-refractivity contribution in [3.63, 3.8) is 0 Å². The van der Waals surface area contributed by atoms with Crippen molar-refractivity contribution in [2.24, 2.45) is 0 Å². The van der Waals surface area contributed by atoms with E-state index in [2.05, 4.69) is 0 Å². The predicted octanol–water partition coefficient (Wildman–Crippen LogP) is 1.08. The monoisotopic (exact) mass is 328 g/mol. The van der Waals surface area contributed by atoms with Gasteiger partial charge in [0.15, 0.2) is 0 Å². The normalized spacial score (nSPS) is 18.4. The van der Waals surface area contributed by atoms with Gasteiger partial charge in [-0.15, -0.1) is 0 Å². The molecule has 1 aromatic rings. The van der Waals surface area contributed by atoms with Crippen LogP contribution in [0.3, 0.4) is 0 Å². The van der Waals surface area contributed by atoms with E-state index < -0.39 is 43.9 Å². The molecule has 0 bridgehead atoms. The van der Waals surface area contributed by atoms with Crippen LogP contribution in [0.25, 0.3) is 0 Å². The van der Waals surface area contributed by atoms with E-state index >= 15 is 0 Å². The molecule has 2 rings (SSSR count). The summed E-state index contributed by atoms with van der Waals surface area (Å²) in [6.07, 6.45) is -0.951. The molecule has 1 aliphatic heterocycles. The fourth-order valence-electron chi connectivity index (χ4n) is 2.02. The molecule has 1 heterocycles. The average Bonchev–Trinajstić information content (AvgIpc) is 2.46. The van der Waals surface area contributed by atoms with Gasteiger partial charge in [0.25, 0.3) is 11.4 Å². The maximum Gasteiger partial charge on any atom is 0.325 e. The summed E-state index contributed by atoms with van der Waals surface area (Å²) in [7, 11) is 1.76. The molecule has 23 heavy (non-hydrogen) atoms. The molecule has 0 amide bonds. The molecular weight excluding hydrogens is 316 g/mol. The van der Waals surface area contributed by atoms with Crippen molar-refractivity contribution >= 4 is 17.1 Å². The van der Waals surface area contributed by atoms with Gasteiger partial charge < -0.3 is 9.47 Å². The number of nitro benzene ring substituents is 3. The quantitative estimate of drug-likeness (QED) is 0.570. The summed E-state index contributed by atoms with van der Waals surface area (Å²) in [5.74, 6) is -0.661. The second-order valence-corrected chi connectivity index (χ2v) is 4.76. The van der Waals surface area contributed by atoms with Gasteiger partial charge in [-0.2, -0.15) is 0 Å². The zero-order chi connectivity index (χ0) is 17.1. The number of nitrogens with zero attached hydrogens (tertiary/aromatic N) is 4. The Balaban J connectivity index is 2.48.